The van der Waals surface area contributed by atoms with Gasteiger partial charge in [-0.25, -0.2) is 0 Å². The molecule has 1 aliphatic rings. The lowest BCUT2D eigenvalue weighted by Crippen LogP contribution is -2.43. The summed E-state index contributed by atoms with van der Waals surface area (Å²) in [6, 6.07) is 0. The Hall–Kier alpha value is -1.15. The van der Waals surface area contributed by atoms with E-state index in [1.54, 1.807) is 0 Å². The van der Waals surface area contributed by atoms with E-state index in [1.807, 2.05) is 7.05 Å². The molecular formula is C12H20F3N5. The summed E-state index contributed by atoms with van der Waals surface area (Å²) in [5, 5.41) is 10.1. The van der Waals surface area contributed by atoms with Crippen LogP contribution in [0.1, 0.15) is 25.5 Å². The van der Waals surface area contributed by atoms with Crippen molar-refractivity contribution in [2.75, 3.05) is 26.7 Å². The van der Waals surface area contributed by atoms with Crippen molar-refractivity contribution in [2.24, 2.45) is 5.41 Å². The number of nitrogens with zero attached hydrogens (tertiary/aromatic N) is 4. The van der Waals surface area contributed by atoms with Crippen LogP contribution >= 0.6 is 0 Å². The average molecular weight is 291 g/mol. The van der Waals surface area contributed by atoms with E-state index in [4.69, 9.17) is 0 Å². The van der Waals surface area contributed by atoms with E-state index in [0.29, 0.717) is 18.9 Å². The van der Waals surface area contributed by atoms with E-state index in [1.165, 1.54) is 4.57 Å². The molecule has 0 aliphatic carbocycles. The molecule has 0 amide bonds. The van der Waals surface area contributed by atoms with Crippen LogP contribution in [0.25, 0.3) is 0 Å². The van der Waals surface area contributed by atoms with Gasteiger partial charge in [0.2, 0.25) is 5.82 Å². The monoisotopic (exact) mass is 291 g/mol. The lowest BCUT2D eigenvalue weighted by atomic mass is 9.92. The van der Waals surface area contributed by atoms with Crippen LogP contribution in [0.3, 0.4) is 0 Å². The highest BCUT2D eigenvalue weighted by Crippen LogP contribution is 2.29. The summed E-state index contributed by atoms with van der Waals surface area (Å²) in [6.07, 6.45) is -4.43. The zero-order valence-corrected chi connectivity index (χ0v) is 12.0. The minimum atomic E-state index is -4.43. The van der Waals surface area contributed by atoms with E-state index < -0.39 is 12.0 Å². The Bertz CT molecular complexity index is 466. The molecule has 20 heavy (non-hydrogen) atoms. The summed E-state index contributed by atoms with van der Waals surface area (Å²) in [6.45, 7) is 7.20. The topological polar surface area (TPSA) is 46.0 Å². The Morgan fingerprint density at radius 2 is 1.90 bits per heavy atom. The van der Waals surface area contributed by atoms with Gasteiger partial charge in [-0.1, -0.05) is 13.8 Å². The molecule has 2 heterocycles. The molecule has 0 radical (unpaired) electrons. The Labute approximate surface area is 116 Å². The molecule has 1 aromatic rings. The van der Waals surface area contributed by atoms with Crippen molar-refractivity contribution < 1.29 is 13.2 Å². The predicted molar refractivity (Wildman–Crippen MR) is 68.0 cm³/mol. The predicted octanol–water partition coefficient (Wildman–Crippen LogP) is 1.36. The molecule has 8 heteroatoms. The smallest absolute Gasteiger partial charge is 0.319 e. The van der Waals surface area contributed by atoms with Crippen LogP contribution in [0.4, 0.5) is 13.2 Å². The maximum atomic E-state index is 12.7. The van der Waals surface area contributed by atoms with Crippen molar-refractivity contribution in [3.63, 3.8) is 0 Å². The summed E-state index contributed by atoms with van der Waals surface area (Å²) in [5.74, 6) is -0.495. The Morgan fingerprint density at radius 3 is 2.50 bits per heavy atom. The van der Waals surface area contributed by atoms with E-state index in [-0.39, 0.29) is 12.0 Å². The average Bonchev–Trinajstić information content (AvgIpc) is 2.70. The molecular weight excluding hydrogens is 271 g/mol. The third-order valence-corrected chi connectivity index (χ3v) is 3.39. The number of nitrogens with one attached hydrogen (secondary N) is 1. The summed E-state index contributed by atoms with van der Waals surface area (Å²) in [5.41, 5.74) is 0.0593. The van der Waals surface area contributed by atoms with Crippen LogP contribution < -0.4 is 5.32 Å². The fourth-order valence-electron chi connectivity index (χ4n) is 2.69. The van der Waals surface area contributed by atoms with Crippen molar-refractivity contribution in [3.8, 4) is 0 Å². The zero-order chi connectivity index (χ0) is 15.0. The molecule has 2 rings (SSSR count). The Kier molecular flexibility index (Phi) is 4.06. The van der Waals surface area contributed by atoms with Crippen molar-refractivity contribution in [1.29, 1.82) is 0 Å². The van der Waals surface area contributed by atoms with Gasteiger partial charge in [-0.15, -0.1) is 10.2 Å². The number of fused-ring (bicyclic) bond motifs is 1. The first kappa shape index (κ1) is 15.2. The number of alkyl halides is 3. The molecule has 0 saturated carbocycles. The van der Waals surface area contributed by atoms with Gasteiger partial charge < -0.3 is 9.88 Å². The van der Waals surface area contributed by atoms with Gasteiger partial charge in [0.15, 0.2) is 0 Å². The molecule has 0 saturated heterocycles. The third kappa shape index (κ3) is 3.29. The minimum absolute atomic E-state index is 0.0593. The molecule has 1 N–H and O–H groups in total. The first-order valence-corrected chi connectivity index (χ1v) is 6.59. The number of rotatable bonds is 4. The second-order valence-corrected chi connectivity index (χ2v) is 5.99. The quantitative estimate of drug-likeness (QED) is 0.910. The summed E-state index contributed by atoms with van der Waals surface area (Å²) >= 11 is 0. The largest absolute Gasteiger partial charge is 0.451 e. The minimum Gasteiger partial charge on any atom is -0.319 e. The maximum Gasteiger partial charge on any atom is 0.451 e. The molecule has 0 atom stereocenters. The first-order chi connectivity index (χ1) is 9.23. The zero-order valence-electron chi connectivity index (χ0n) is 12.0. The van der Waals surface area contributed by atoms with E-state index >= 15 is 0 Å². The van der Waals surface area contributed by atoms with Gasteiger partial charge >= 0.3 is 6.18 Å². The molecule has 1 aromatic heterocycles. The van der Waals surface area contributed by atoms with Crippen LogP contribution in [-0.4, -0.2) is 46.3 Å². The molecule has 0 fully saturated rings. The highest BCUT2D eigenvalue weighted by atomic mass is 19.4. The fraction of sp³-hybridized carbons (Fsp3) is 0.833. The lowest BCUT2D eigenvalue weighted by Gasteiger charge is -2.35. The summed E-state index contributed by atoms with van der Waals surface area (Å²) < 4.78 is 39.4. The van der Waals surface area contributed by atoms with Gasteiger partial charge in [0.1, 0.15) is 5.82 Å². The number of aromatic nitrogens is 3. The second-order valence-electron chi connectivity index (χ2n) is 5.99. The number of hydrogen-bond acceptors (Lipinski definition) is 4. The van der Waals surface area contributed by atoms with Gasteiger partial charge in [0.05, 0.1) is 6.54 Å². The van der Waals surface area contributed by atoms with Gasteiger partial charge in [-0.3, -0.25) is 4.90 Å². The van der Waals surface area contributed by atoms with Crippen LogP contribution in [-0.2, 0) is 19.3 Å². The van der Waals surface area contributed by atoms with Gasteiger partial charge in [0, 0.05) is 26.2 Å². The van der Waals surface area contributed by atoms with Crippen LogP contribution in [0, 0.1) is 5.41 Å². The lowest BCUT2D eigenvalue weighted by molar-refractivity contribution is -0.148. The normalized spacial score (nSPS) is 17.3. The first-order valence-electron chi connectivity index (χ1n) is 6.59. The van der Waals surface area contributed by atoms with Gasteiger partial charge in [-0.05, 0) is 12.5 Å². The molecule has 1 aliphatic heterocycles. The standard InChI is InChI=1S/C12H20F3N5/c1-11(2,7-16-3)8-19-4-5-20-9(6-19)17-18-10(20)12(13,14)15/h16H,4-8H2,1-3H3. The molecule has 0 aromatic carbocycles. The van der Waals surface area contributed by atoms with Crippen molar-refractivity contribution in [1.82, 2.24) is 25.0 Å². The fourth-order valence-corrected chi connectivity index (χ4v) is 2.69. The highest BCUT2D eigenvalue weighted by molar-refractivity contribution is 5.02. The van der Waals surface area contributed by atoms with Crippen LogP contribution in [0.15, 0.2) is 0 Å². The van der Waals surface area contributed by atoms with Gasteiger partial charge in [-0.2, -0.15) is 13.2 Å². The van der Waals surface area contributed by atoms with Crippen molar-refractivity contribution in [3.05, 3.63) is 11.6 Å². The Balaban J connectivity index is 2.07. The van der Waals surface area contributed by atoms with Crippen molar-refractivity contribution in [2.45, 2.75) is 33.1 Å². The summed E-state index contributed by atoms with van der Waals surface area (Å²) in [7, 11) is 1.89. The number of halogens is 3. The molecule has 0 bridgehead atoms. The number of hydrogen-bond donors (Lipinski definition) is 1. The van der Waals surface area contributed by atoms with Crippen LogP contribution in [0.2, 0.25) is 0 Å². The second kappa shape index (κ2) is 5.33. The molecule has 5 nitrogen and oxygen atoms in total. The summed E-state index contributed by atoms with van der Waals surface area (Å²) in [4.78, 5) is 2.13. The molecule has 0 unspecified atom stereocenters. The van der Waals surface area contributed by atoms with E-state index in [9.17, 15) is 13.2 Å². The van der Waals surface area contributed by atoms with Crippen molar-refractivity contribution >= 4 is 0 Å². The maximum absolute atomic E-state index is 12.7. The highest BCUT2D eigenvalue weighted by Gasteiger charge is 2.39. The molecule has 114 valence electrons. The van der Waals surface area contributed by atoms with E-state index in [2.05, 4.69) is 34.3 Å². The van der Waals surface area contributed by atoms with E-state index in [0.717, 1.165) is 13.1 Å². The SMILES string of the molecule is CNCC(C)(C)CN1CCn2c(nnc2C(F)(F)F)C1. The third-order valence-electron chi connectivity index (χ3n) is 3.39. The Morgan fingerprint density at radius 1 is 1.20 bits per heavy atom. The molecule has 0 spiro atoms. The van der Waals surface area contributed by atoms with Gasteiger partial charge in [0.25, 0.3) is 0 Å². The van der Waals surface area contributed by atoms with Crippen LogP contribution in [0.5, 0.6) is 0 Å².